The van der Waals surface area contributed by atoms with Crippen molar-refractivity contribution in [3.63, 3.8) is 0 Å². The molecule has 28 heavy (non-hydrogen) atoms. The first-order valence-electron chi connectivity index (χ1n) is 8.83. The van der Waals surface area contributed by atoms with E-state index in [1.807, 2.05) is 35.3 Å². The molecule has 10 heteroatoms. The number of anilines is 1. The Kier molecular flexibility index (Phi) is 5.33. The van der Waals surface area contributed by atoms with Crippen LogP contribution >= 0.6 is 11.8 Å². The summed E-state index contributed by atoms with van der Waals surface area (Å²) in [5.74, 6) is 0.209. The minimum Gasteiger partial charge on any atom is -0.304 e. The van der Waals surface area contributed by atoms with E-state index in [-0.39, 0.29) is 16.5 Å². The molecule has 3 aromatic rings. The Labute approximate surface area is 165 Å². The van der Waals surface area contributed by atoms with Crippen LogP contribution in [-0.2, 0) is 0 Å². The van der Waals surface area contributed by atoms with Crippen molar-refractivity contribution in [2.24, 2.45) is 0 Å². The van der Waals surface area contributed by atoms with Gasteiger partial charge in [0.05, 0.1) is 10.4 Å². The van der Waals surface area contributed by atoms with E-state index < -0.39 is 4.92 Å². The number of nitrogens with zero attached hydrogens (tertiary/aromatic N) is 6. The minimum atomic E-state index is -0.431. The number of hydrazine groups is 1. The molecular weight excluding hydrogens is 378 g/mol. The van der Waals surface area contributed by atoms with E-state index in [1.165, 1.54) is 18.1 Å². The van der Waals surface area contributed by atoms with E-state index >= 15 is 0 Å². The van der Waals surface area contributed by atoms with Crippen LogP contribution in [0.5, 0.6) is 0 Å². The number of nitrogens with one attached hydrogen (secondary N) is 1. The number of nitro groups is 1. The first-order valence-corrected chi connectivity index (χ1v) is 9.64. The molecule has 0 radical (unpaired) electrons. The van der Waals surface area contributed by atoms with Crippen molar-refractivity contribution in [2.75, 3.05) is 38.7 Å². The molecule has 1 aliphatic rings. The number of para-hydroxylation sites is 1. The summed E-state index contributed by atoms with van der Waals surface area (Å²) in [5, 5.41) is 15.0. The molecule has 0 aliphatic carbocycles. The van der Waals surface area contributed by atoms with Crippen molar-refractivity contribution in [3.8, 4) is 0 Å². The molecule has 3 heterocycles. The molecule has 9 nitrogen and oxygen atoms in total. The number of hydrogen-bond donors (Lipinski definition) is 1. The Morgan fingerprint density at radius 2 is 1.89 bits per heavy atom. The maximum atomic E-state index is 11.8. The van der Waals surface area contributed by atoms with Crippen LogP contribution in [-0.4, -0.2) is 63.0 Å². The average molecular weight is 397 g/mol. The number of rotatable bonds is 5. The number of benzene rings is 1. The molecule has 1 aromatic carbocycles. The lowest BCUT2D eigenvalue weighted by molar-refractivity contribution is -0.387. The quantitative estimate of drug-likeness (QED) is 0.395. The molecule has 0 atom stereocenters. The highest BCUT2D eigenvalue weighted by Crippen LogP contribution is 2.38. The molecule has 0 spiro atoms. The van der Waals surface area contributed by atoms with Gasteiger partial charge in [0.1, 0.15) is 6.33 Å². The Bertz CT molecular complexity index is 1000. The van der Waals surface area contributed by atoms with Crippen LogP contribution in [0.15, 0.2) is 52.8 Å². The largest absolute Gasteiger partial charge is 0.344 e. The molecule has 0 unspecified atom stereocenters. The number of hydrogen-bond acceptors (Lipinski definition) is 9. The van der Waals surface area contributed by atoms with Gasteiger partial charge in [-0.05, 0) is 19.2 Å². The van der Waals surface area contributed by atoms with E-state index in [4.69, 9.17) is 0 Å². The van der Waals surface area contributed by atoms with Gasteiger partial charge in [0.15, 0.2) is 5.03 Å². The summed E-state index contributed by atoms with van der Waals surface area (Å²) in [6, 6.07) is 9.58. The lowest BCUT2D eigenvalue weighted by atomic mass is 10.2. The second-order valence-corrected chi connectivity index (χ2v) is 7.50. The summed E-state index contributed by atoms with van der Waals surface area (Å²) < 4.78 is 0. The molecule has 2 aromatic heterocycles. The standard InChI is InChI=1S/C18H19N7O2S/c1-23-8-10-24(11-9-23)22-17-16(25(26)27)18(21-12-20-17)28-14-6-2-4-13-5-3-7-19-15(13)14/h2-7,12H,8-11H2,1H3,(H,20,21,22). The van der Waals surface area contributed by atoms with Crippen molar-refractivity contribution >= 4 is 34.2 Å². The van der Waals surface area contributed by atoms with Gasteiger partial charge < -0.3 is 4.90 Å². The lowest BCUT2D eigenvalue weighted by Crippen LogP contribution is -2.47. The smallest absolute Gasteiger partial charge is 0.304 e. The molecule has 1 N–H and O–H groups in total. The second kappa shape index (κ2) is 8.05. The predicted octanol–water partition coefficient (Wildman–Crippen LogP) is 2.66. The molecule has 4 rings (SSSR count). The zero-order valence-corrected chi connectivity index (χ0v) is 16.1. The zero-order valence-electron chi connectivity index (χ0n) is 15.3. The van der Waals surface area contributed by atoms with Gasteiger partial charge in [-0.15, -0.1) is 0 Å². The topological polar surface area (TPSA) is 100 Å². The van der Waals surface area contributed by atoms with E-state index in [0.29, 0.717) is 0 Å². The van der Waals surface area contributed by atoms with E-state index in [1.54, 1.807) is 6.20 Å². The highest BCUT2D eigenvalue weighted by Gasteiger charge is 2.26. The third-order valence-corrected chi connectivity index (χ3v) is 5.58. The van der Waals surface area contributed by atoms with Gasteiger partial charge in [0.25, 0.3) is 0 Å². The van der Waals surface area contributed by atoms with Crippen molar-refractivity contribution in [1.29, 1.82) is 0 Å². The fraction of sp³-hybridized carbons (Fsp3) is 0.278. The third-order valence-electron chi connectivity index (χ3n) is 4.54. The van der Waals surface area contributed by atoms with Crippen molar-refractivity contribution in [2.45, 2.75) is 9.92 Å². The maximum Gasteiger partial charge on any atom is 0.344 e. The summed E-state index contributed by atoms with van der Waals surface area (Å²) in [4.78, 5) is 27.1. The van der Waals surface area contributed by atoms with Gasteiger partial charge in [0, 0.05) is 42.7 Å². The number of piperazine rings is 1. The Hall–Kier alpha value is -2.82. The van der Waals surface area contributed by atoms with Crippen LogP contribution in [0, 0.1) is 10.1 Å². The lowest BCUT2D eigenvalue weighted by Gasteiger charge is -2.32. The zero-order chi connectivity index (χ0) is 19.5. The van der Waals surface area contributed by atoms with Crippen LogP contribution in [0.3, 0.4) is 0 Å². The molecule has 0 saturated carbocycles. The highest BCUT2D eigenvalue weighted by molar-refractivity contribution is 7.99. The van der Waals surface area contributed by atoms with Crippen LogP contribution < -0.4 is 5.43 Å². The van der Waals surface area contributed by atoms with Gasteiger partial charge >= 0.3 is 5.69 Å². The molecule has 1 fully saturated rings. The van der Waals surface area contributed by atoms with Gasteiger partial charge in [0.2, 0.25) is 5.82 Å². The molecular formula is C18H19N7O2S. The summed E-state index contributed by atoms with van der Waals surface area (Å²) in [5.41, 5.74) is 3.76. The average Bonchev–Trinajstić information content (AvgIpc) is 2.70. The number of fused-ring (bicyclic) bond motifs is 1. The summed E-state index contributed by atoms with van der Waals surface area (Å²) in [6.45, 7) is 3.28. The predicted molar refractivity (Wildman–Crippen MR) is 107 cm³/mol. The summed E-state index contributed by atoms with van der Waals surface area (Å²) in [6.07, 6.45) is 3.06. The van der Waals surface area contributed by atoms with E-state index in [2.05, 4.69) is 32.3 Å². The third kappa shape index (κ3) is 3.88. The molecule has 1 aliphatic heterocycles. The van der Waals surface area contributed by atoms with Crippen LogP contribution in [0.2, 0.25) is 0 Å². The molecule has 144 valence electrons. The maximum absolute atomic E-state index is 11.8. The second-order valence-electron chi connectivity index (χ2n) is 6.47. The fourth-order valence-corrected chi connectivity index (χ4v) is 4.00. The van der Waals surface area contributed by atoms with Crippen molar-refractivity contribution in [3.05, 3.63) is 53.0 Å². The van der Waals surface area contributed by atoms with Gasteiger partial charge in [-0.2, -0.15) is 0 Å². The van der Waals surface area contributed by atoms with Crippen LogP contribution in [0.4, 0.5) is 11.5 Å². The number of aromatic nitrogens is 3. The molecule has 0 amide bonds. The summed E-state index contributed by atoms with van der Waals surface area (Å²) >= 11 is 1.23. The minimum absolute atomic E-state index is 0.126. The van der Waals surface area contributed by atoms with E-state index in [9.17, 15) is 10.1 Å². The Balaban J connectivity index is 1.66. The fourth-order valence-electron chi connectivity index (χ4n) is 3.01. The van der Waals surface area contributed by atoms with E-state index in [0.717, 1.165) is 42.0 Å². The molecule has 0 bridgehead atoms. The first-order chi connectivity index (χ1) is 13.6. The van der Waals surface area contributed by atoms with Crippen LogP contribution in [0.25, 0.3) is 10.9 Å². The normalized spacial score (nSPS) is 15.6. The van der Waals surface area contributed by atoms with Gasteiger partial charge in [-0.3, -0.25) is 20.5 Å². The Morgan fingerprint density at radius 1 is 1.11 bits per heavy atom. The number of likely N-dealkylation sites (N-methyl/N-ethyl adjacent to an activating group) is 1. The number of pyridine rings is 1. The monoisotopic (exact) mass is 397 g/mol. The van der Waals surface area contributed by atoms with Gasteiger partial charge in [-0.1, -0.05) is 30.0 Å². The molecule has 1 saturated heterocycles. The SMILES string of the molecule is CN1CCN(Nc2ncnc(Sc3cccc4cccnc34)c2[N+](=O)[O-])CC1. The van der Waals surface area contributed by atoms with Gasteiger partial charge in [-0.25, -0.2) is 15.0 Å². The van der Waals surface area contributed by atoms with Crippen molar-refractivity contribution in [1.82, 2.24) is 24.9 Å². The Morgan fingerprint density at radius 3 is 2.68 bits per heavy atom. The summed E-state index contributed by atoms with van der Waals surface area (Å²) in [7, 11) is 2.05. The highest BCUT2D eigenvalue weighted by atomic mass is 32.2. The first kappa shape index (κ1) is 18.5. The van der Waals surface area contributed by atoms with Crippen molar-refractivity contribution < 1.29 is 4.92 Å². The van der Waals surface area contributed by atoms with Crippen LogP contribution in [0.1, 0.15) is 0 Å².